The van der Waals surface area contributed by atoms with E-state index in [1.807, 2.05) is 12.8 Å². The predicted octanol–water partition coefficient (Wildman–Crippen LogP) is 1.39. The Labute approximate surface area is 71.4 Å². The molecule has 0 aromatic heterocycles. The van der Waals surface area contributed by atoms with Gasteiger partial charge >= 0.3 is 0 Å². The van der Waals surface area contributed by atoms with E-state index in [2.05, 4.69) is 0 Å². The van der Waals surface area contributed by atoms with Gasteiger partial charge in [0.2, 0.25) is 5.78 Å². The van der Waals surface area contributed by atoms with Crippen molar-refractivity contribution in [1.82, 2.24) is 0 Å². The summed E-state index contributed by atoms with van der Waals surface area (Å²) in [6.07, 6.45) is 4.96. The number of terminal acetylenes is 1. The third-order valence-corrected chi connectivity index (χ3v) is 1.49. The molecule has 0 heterocycles. The summed E-state index contributed by atoms with van der Waals surface area (Å²) in [4.78, 5) is 11.0. The van der Waals surface area contributed by atoms with E-state index in [9.17, 15) is 4.79 Å². The lowest BCUT2D eigenvalue weighted by Gasteiger charge is -1.99. The van der Waals surface area contributed by atoms with Gasteiger partial charge < -0.3 is 5.73 Å². The maximum atomic E-state index is 11.0. The number of nitrogen functional groups attached to an aromatic ring is 1. The van der Waals surface area contributed by atoms with Gasteiger partial charge in [-0.05, 0) is 36.6 Å². The molecule has 0 aliphatic rings. The molecule has 12 heavy (non-hydrogen) atoms. The largest absolute Gasteiger partial charge is 0.399 e. The first-order valence-corrected chi connectivity index (χ1v) is 3.51. The van der Waals surface area contributed by atoms with Gasteiger partial charge in [0.15, 0.2) is 0 Å². The van der Waals surface area contributed by atoms with Crippen LogP contribution in [0.2, 0.25) is 0 Å². The van der Waals surface area contributed by atoms with Crippen LogP contribution in [0, 0.1) is 19.3 Å². The Morgan fingerprint density at radius 2 is 2.17 bits per heavy atom. The molecule has 0 atom stereocenters. The Balaban J connectivity index is 3.19. The minimum absolute atomic E-state index is 0.328. The molecule has 0 unspecified atom stereocenters. The molecule has 2 nitrogen and oxygen atoms in total. The summed E-state index contributed by atoms with van der Waals surface area (Å²) in [5.74, 6) is 1.71. The third kappa shape index (κ3) is 1.64. The Bertz CT molecular complexity index is 340. The number of benzene rings is 1. The first kappa shape index (κ1) is 8.35. The lowest BCUT2D eigenvalue weighted by molar-refractivity contribution is 0.105. The van der Waals surface area contributed by atoms with Gasteiger partial charge in [0, 0.05) is 11.3 Å². The first-order valence-electron chi connectivity index (χ1n) is 3.51. The van der Waals surface area contributed by atoms with Crippen molar-refractivity contribution in [1.29, 1.82) is 0 Å². The van der Waals surface area contributed by atoms with Gasteiger partial charge in [-0.3, -0.25) is 4.79 Å². The molecule has 1 aromatic carbocycles. The molecule has 0 fully saturated rings. The fraction of sp³-hybridized carbons (Fsp3) is 0.100. The van der Waals surface area contributed by atoms with E-state index >= 15 is 0 Å². The number of ketones is 1. The molecule has 0 amide bonds. The van der Waals surface area contributed by atoms with E-state index in [0.29, 0.717) is 11.3 Å². The average molecular weight is 159 g/mol. The van der Waals surface area contributed by atoms with E-state index in [1.54, 1.807) is 18.2 Å². The Morgan fingerprint density at radius 3 is 2.67 bits per heavy atom. The van der Waals surface area contributed by atoms with Gasteiger partial charge in [-0.25, -0.2) is 0 Å². The van der Waals surface area contributed by atoms with Crippen LogP contribution in [0.4, 0.5) is 5.69 Å². The molecule has 0 aliphatic carbocycles. The smallest absolute Gasteiger partial charge is 0.235 e. The van der Waals surface area contributed by atoms with Crippen LogP contribution < -0.4 is 5.73 Å². The monoisotopic (exact) mass is 159 g/mol. The molecule has 0 bridgehead atoms. The Morgan fingerprint density at radius 1 is 1.50 bits per heavy atom. The Hall–Kier alpha value is -1.75. The topological polar surface area (TPSA) is 43.1 Å². The summed E-state index contributed by atoms with van der Waals surface area (Å²) in [7, 11) is 0. The van der Waals surface area contributed by atoms with Crippen molar-refractivity contribution in [3.8, 4) is 12.3 Å². The second-order valence-electron chi connectivity index (χ2n) is 2.61. The van der Waals surface area contributed by atoms with Gasteiger partial charge in [0.25, 0.3) is 0 Å². The highest BCUT2D eigenvalue weighted by molar-refractivity contribution is 6.09. The van der Waals surface area contributed by atoms with E-state index in [4.69, 9.17) is 12.2 Å². The summed E-state index contributed by atoms with van der Waals surface area (Å²) in [6, 6.07) is 5.08. The molecule has 0 saturated heterocycles. The normalized spacial score (nSPS) is 9.00. The predicted molar refractivity (Wildman–Crippen MR) is 48.8 cm³/mol. The van der Waals surface area contributed by atoms with Crippen LogP contribution in [0.5, 0.6) is 0 Å². The number of aryl methyl sites for hydroxylation is 1. The second-order valence-corrected chi connectivity index (χ2v) is 2.61. The number of hydrogen-bond acceptors (Lipinski definition) is 2. The van der Waals surface area contributed by atoms with E-state index in [1.165, 1.54) is 0 Å². The highest BCUT2D eigenvalue weighted by atomic mass is 16.1. The van der Waals surface area contributed by atoms with E-state index in [0.717, 1.165) is 5.56 Å². The second kappa shape index (κ2) is 3.10. The molecular weight excluding hydrogens is 150 g/mol. The van der Waals surface area contributed by atoms with Crippen molar-refractivity contribution in [3.63, 3.8) is 0 Å². The molecule has 1 rings (SSSR count). The number of carbonyl (C=O) groups excluding carboxylic acids is 1. The standard InChI is InChI=1S/C10H9NO/c1-3-10(12)8-4-7(2)5-9(11)6-8/h1,4-6H,11H2,2H3. The highest BCUT2D eigenvalue weighted by Gasteiger charge is 2.02. The summed E-state index contributed by atoms with van der Waals surface area (Å²) >= 11 is 0. The molecule has 0 aliphatic heterocycles. The zero-order chi connectivity index (χ0) is 9.14. The van der Waals surface area contributed by atoms with Gasteiger partial charge in [-0.1, -0.05) is 0 Å². The van der Waals surface area contributed by atoms with Crippen LogP contribution in [0.15, 0.2) is 18.2 Å². The van der Waals surface area contributed by atoms with Crippen molar-refractivity contribution in [3.05, 3.63) is 29.3 Å². The van der Waals surface area contributed by atoms with Crippen LogP contribution in [-0.4, -0.2) is 5.78 Å². The van der Waals surface area contributed by atoms with Crippen LogP contribution in [0.3, 0.4) is 0 Å². The molecule has 0 radical (unpaired) electrons. The minimum Gasteiger partial charge on any atom is -0.399 e. The van der Waals surface area contributed by atoms with Crippen molar-refractivity contribution >= 4 is 11.5 Å². The van der Waals surface area contributed by atoms with Crippen molar-refractivity contribution in [2.24, 2.45) is 0 Å². The van der Waals surface area contributed by atoms with Crippen molar-refractivity contribution in [2.45, 2.75) is 6.92 Å². The zero-order valence-electron chi connectivity index (χ0n) is 6.79. The number of carbonyl (C=O) groups is 1. The van der Waals surface area contributed by atoms with Gasteiger partial charge in [-0.2, -0.15) is 0 Å². The summed E-state index contributed by atoms with van der Waals surface area (Å²) < 4.78 is 0. The number of hydrogen-bond donors (Lipinski definition) is 1. The molecule has 0 spiro atoms. The zero-order valence-corrected chi connectivity index (χ0v) is 6.79. The van der Waals surface area contributed by atoms with Gasteiger partial charge in [0.1, 0.15) is 0 Å². The van der Waals surface area contributed by atoms with Gasteiger partial charge in [0.05, 0.1) is 0 Å². The molecule has 2 heteroatoms. The fourth-order valence-corrected chi connectivity index (χ4v) is 1.03. The lowest BCUT2D eigenvalue weighted by Crippen LogP contribution is -1.97. The number of anilines is 1. The number of nitrogens with two attached hydrogens (primary N) is 1. The van der Waals surface area contributed by atoms with Gasteiger partial charge in [-0.15, -0.1) is 6.42 Å². The molecule has 0 saturated carbocycles. The van der Waals surface area contributed by atoms with Crippen LogP contribution in [-0.2, 0) is 0 Å². The van der Waals surface area contributed by atoms with E-state index in [-0.39, 0.29) is 5.78 Å². The van der Waals surface area contributed by atoms with Crippen LogP contribution >= 0.6 is 0 Å². The summed E-state index contributed by atoms with van der Waals surface area (Å²) in [5.41, 5.74) is 7.51. The summed E-state index contributed by atoms with van der Waals surface area (Å²) in [6.45, 7) is 1.86. The maximum absolute atomic E-state index is 11.0. The fourth-order valence-electron chi connectivity index (χ4n) is 1.03. The van der Waals surface area contributed by atoms with Crippen molar-refractivity contribution in [2.75, 3.05) is 5.73 Å². The van der Waals surface area contributed by atoms with Crippen LogP contribution in [0.1, 0.15) is 15.9 Å². The third-order valence-electron chi connectivity index (χ3n) is 1.49. The summed E-state index contributed by atoms with van der Waals surface area (Å²) in [5, 5.41) is 0. The maximum Gasteiger partial charge on any atom is 0.235 e. The minimum atomic E-state index is -0.328. The van der Waals surface area contributed by atoms with Crippen LogP contribution in [0.25, 0.3) is 0 Å². The SMILES string of the molecule is C#CC(=O)c1cc(C)cc(N)c1. The molecular formula is C10H9NO. The van der Waals surface area contributed by atoms with E-state index < -0.39 is 0 Å². The molecule has 60 valence electrons. The quantitative estimate of drug-likeness (QED) is 0.291. The molecule has 1 aromatic rings. The number of rotatable bonds is 1. The first-order chi connectivity index (χ1) is 5.63. The highest BCUT2D eigenvalue weighted by Crippen LogP contribution is 2.11. The average Bonchev–Trinajstić information content (AvgIpc) is 2.01. The number of Topliss-reactive ketones (excluding diaryl/α,β-unsaturated/α-hetero) is 1. The lowest BCUT2D eigenvalue weighted by atomic mass is 10.1. The molecule has 2 N–H and O–H groups in total. The van der Waals surface area contributed by atoms with Crippen molar-refractivity contribution < 1.29 is 4.79 Å². The Kier molecular flexibility index (Phi) is 2.16.